The van der Waals surface area contributed by atoms with Crippen LogP contribution in [-0.2, 0) is 14.8 Å². The van der Waals surface area contributed by atoms with Crippen molar-refractivity contribution in [2.75, 3.05) is 26.2 Å². The van der Waals surface area contributed by atoms with Crippen LogP contribution < -0.4 is 0 Å². The molecule has 0 spiro atoms. The number of rotatable bonds is 3. The minimum Gasteiger partial charge on any atom is -0.373 e. The van der Waals surface area contributed by atoms with E-state index in [1.165, 1.54) is 30.0 Å². The summed E-state index contributed by atoms with van der Waals surface area (Å²) in [5.41, 5.74) is 0.571. The second-order valence-electron chi connectivity index (χ2n) is 8.95. The predicted octanol–water partition coefficient (Wildman–Crippen LogP) is 3.14. The number of likely N-dealkylation sites (tertiary alicyclic amines) is 1. The summed E-state index contributed by atoms with van der Waals surface area (Å²) in [7, 11) is -3.58. The molecule has 7 heteroatoms. The molecule has 29 heavy (non-hydrogen) atoms. The lowest BCUT2D eigenvalue weighted by atomic mass is 9.75. The Morgan fingerprint density at radius 1 is 0.931 bits per heavy atom. The molecule has 160 valence electrons. The third-order valence-electron chi connectivity index (χ3n) is 6.70. The van der Waals surface area contributed by atoms with Gasteiger partial charge in [0.25, 0.3) is 5.91 Å². The highest BCUT2D eigenvalue weighted by molar-refractivity contribution is 7.89. The van der Waals surface area contributed by atoms with E-state index in [0.29, 0.717) is 24.6 Å². The minimum absolute atomic E-state index is 0.0200. The number of benzene rings is 1. The molecular formula is C22H32N2O4S. The maximum absolute atomic E-state index is 13.0. The standard InChI is InChI=1S/C22H32N2O4S/c1-16-13-24(14-17(2)28-16)29(26,27)21-9-7-19(8-10-21)22(25)23-12-11-18-5-3-4-6-20(18)15-23/h7-10,16-18,20H,3-6,11-15H2,1-2H3/t16-,17-,18+,20-/m1/s1. The Bertz CT molecular complexity index is 829. The average molecular weight is 421 g/mol. The fourth-order valence-electron chi connectivity index (χ4n) is 5.21. The molecule has 4 rings (SSSR count). The number of carbonyl (C=O) groups is 1. The summed E-state index contributed by atoms with van der Waals surface area (Å²) in [4.78, 5) is 15.2. The first-order valence-electron chi connectivity index (χ1n) is 10.9. The van der Waals surface area contributed by atoms with E-state index in [0.717, 1.165) is 25.4 Å². The maximum Gasteiger partial charge on any atom is 0.253 e. The number of hydrogen-bond donors (Lipinski definition) is 0. The van der Waals surface area contributed by atoms with Gasteiger partial charge in [0.15, 0.2) is 0 Å². The van der Waals surface area contributed by atoms with Gasteiger partial charge in [-0.3, -0.25) is 4.79 Å². The molecular weight excluding hydrogens is 388 g/mol. The first-order valence-corrected chi connectivity index (χ1v) is 12.3. The summed E-state index contributed by atoms with van der Waals surface area (Å²) in [5, 5.41) is 0. The van der Waals surface area contributed by atoms with Crippen molar-refractivity contribution < 1.29 is 17.9 Å². The number of nitrogens with zero attached hydrogens (tertiary/aromatic N) is 2. The van der Waals surface area contributed by atoms with Gasteiger partial charge in [0.1, 0.15) is 0 Å². The predicted molar refractivity (Wildman–Crippen MR) is 111 cm³/mol. The second kappa shape index (κ2) is 8.36. The number of hydrogen-bond acceptors (Lipinski definition) is 4. The van der Waals surface area contributed by atoms with Crippen molar-refractivity contribution in [1.82, 2.24) is 9.21 Å². The zero-order valence-corrected chi connectivity index (χ0v) is 18.2. The molecule has 3 fully saturated rings. The van der Waals surface area contributed by atoms with Crippen LogP contribution in [0.3, 0.4) is 0 Å². The molecule has 6 nitrogen and oxygen atoms in total. The van der Waals surface area contributed by atoms with Crippen LogP contribution in [0.5, 0.6) is 0 Å². The molecule has 0 unspecified atom stereocenters. The highest BCUT2D eigenvalue weighted by Crippen LogP contribution is 2.36. The maximum atomic E-state index is 13.0. The number of carbonyl (C=O) groups excluding carboxylic acids is 1. The first kappa shape index (κ1) is 20.8. The number of sulfonamides is 1. The zero-order chi connectivity index (χ0) is 20.6. The van der Waals surface area contributed by atoms with Crippen LogP contribution in [-0.4, -0.2) is 61.9 Å². The van der Waals surface area contributed by atoms with Gasteiger partial charge in [0.2, 0.25) is 10.0 Å². The Hall–Kier alpha value is -1.44. The summed E-state index contributed by atoms with van der Waals surface area (Å²) in [6.45, 7) is 6.12. The molecule has 2 saturated heterocycles. The molecule has 1 aromatic carbocycles. The molecule has 1 saturated carbocycles. The van der Waals surface area contributed by atoms with Gasteiger partial charge in [-0.2, -0.15) is 4.31 Å². The molecule has 4 atom stereocenters. The number of fused-ring (bicyclic) bond motifs is 1. The third-order valence-corrected chi connectivity index (χ3v) is 8.55. The highest BCUT2D eigenvalue weighted by atomic mass is 32.2. The molecule has 0 aromatic heterocycles. The number of piperidine rings is 1. The van der Waals surface area contributed by atoms with Crippen LogP contribution in [0.25, 0.3) is 0 Å². The van der Waals surface area contributed by atoms with E-state index in [-0.39, 0.29) is 23.0 Å². The molecule has 2 aliphatic heterocycles. The van der Waals surface area contributed by atoms with Gasteiger partial charge in [-0.05, 0) is 62.8 Å². The van der Waals surface area contributed by atoms with Gasteiger partial charge < -0.3 is 9.64 Å². The molecule has 1 aromatic rings. The van der Waals surface area contributed by atoms with E-state index in [9.17, 15) is 13.2 Å². The Balaban J connectivity index is 1.45. The van der Waals surface area contributed by atoms with Crippen LogP contribution >= 0.6 is 0 Å². The Labute approximate surface area is 174 Å². The van der Waals surface area contributed by atoms with E-state index in [1.54, 1.807) is 24.3 Å². The fourth-order valence-corrected chi connectivity index (χ4v) is 6.80. The number of ether oxygens (including phenoxy) is 1. The third kappa shape index (κ3) is 4.37. The Morgan fingerprint density at radius 2 is 1.55 bits per heavy atom. The van der Waals surface area contributed by atoms with Gasteiger partial charge in [-0.15, -0.1) is 0 Å². The fraction of sp³-hybridized carbons (Fsp3) is 0.682. The van der Waals surface area contributed by atoms with Crippen LogP contribution in [0.4, 0.5) is 0 Å². The normalized spacial score (nSPS) is 31.3. The van der Waals surface area contributed by atoms with E-state index in [4.69, 9.17) is 4.74 Å². The quantitative estimate of drug-likeness (QED) is 0.753. The SMILES string of the molecule is C[C@@H]1CN(S(=O)(=O)c2ccc(C(=O)N3CC[C@@H]4CCCC[C@@H]4C3)cc2)C[C@@H](C)O1. The number of morpholine rings is 1. The zero-order valence-electron chi connectivity index (χ0n) is 17.4. The van der Waals surface area contributed by atoms with Crippen molar-refractivity contribution in [2.24, 2.45) is 11.8 Å². The van der Waals surface area contributed by atoms with Gasteiger partial charge in [0.05, 0.1) is 17.1 Å². The van der Waals surface area contributed by atoms with Crippen molar-refractivity contribution in [1.29, 1.82) is 0 Å². The average Bonchev–Trinajstić information content (AvgIpc) is 2.72. The van der Waals surface area contributed by atoms with Crippen molar-refractivity contribution >= 4 is 15.9 Å². The topological polar surface area (TPSA) is 66.9 Å². The summed E-state index contributed by atoms with van der Waals surface area (Å²) in [5.74, 6) is 1.43. The second-order valence-corrected chi connectivity index (χ2v) is 10.9. The largest absolute Gasteiger partial charge is 0.373 e. The summed E-state index contributed by atoms with van der Waals surface area (Å²) >= 11 is 0. The van der Waals surface area contributed by atoms with Crippen LogP contribution in [0.2, 0.25) is 0 Å². The molecule has 0 radical (unpaired) electrons. The van der Waals surface area contributed by atoms with Gasteiger partial charge in [-0.1, -0.05) is 19.3 Å². The molecule has 3 aliphatic rings. The van der Waals surface area contributed by atoms with Crippen molar-refractivity contribution in [3.63, 3.8) is 0 Å². The molecule has 1 amide bonds. The van der Waals surface area contributed by atoms with Crippen molar-refractivity contribution in [3.8, 4) is 0 Å². The lowest BCUT2D eigenvalue weighted by molar-refractivity contribution is -0.0440. The van der Waals surface area contributed by atoms with Crippen LogP contribution in [0.15, 0.2) is 29.2 Å². The lowest BCUT2D eigenvalue weighted by Crippen LogP contribution is -2.48. The van der Waals surface area contributed by atoms with Gasteiger partial charge >= 0.3 is 0 Å². The van der Waals surface area contributed by atoms with Gasteiger partial charge in [0, 0.05) is 31.7 Å². The lowest BCUT2D eigenvalue weighted by Gasteiger charge is -2.41. The van der Waals surface area contributed by atoms with Crippen LogP contribution in [0, 0.1) is 11.8 Å². The summed E-state index contributed by atoms with van der Waals surface area (Å²) in [6.07, 6.45) is 5.96. The van der Waals surface area contributed by atoms with E-state index in [1.807, 2.05) is 18.7 Å². The van der Waals surface area contributed by atoms with Crippen molar-refractivity contribution in [2.45, 2.75) is 63.1 Å². The summed E-state index contributed by atoms with van der Waals surface area (Å²) in [6, 6.07) is 6.46. The highest BCUT2D eigenvalue weighted by Gasteiger charge is 2.34. The Morgan fingerprint density at radius 3 is 2.21 bits per heavy atom. The van der Waals surface area contributed by atoms with Crippen molar-refractivity contribution in [3.05, 3.63) is 29.8 Å². The van der Waals surface area contributed by atoms with Crippen LogP contribution in [0.1, 0.15) is 56.3 Å². The van der Waals surface area contributed by atoms with E-state index < -0.39 is 10.0 Å². The first-order chi connectivity index (χ1) is 13.8. The molecule has 0 N–H and O–H groups in total. The molecule has 1 aliphatic carbocycles. The Kier molecular flexibility index (Phi) is 6.00. The smallest absolute Gasteiger partial charge is 0.253 e. The molecule has 0 bridgehead atoms. The molecule has 2 heterocycles. The number of amides is 1. The van der Waals surface area contributed by atoms with E-state index in [2.05, 4.69) is 0 Å². The van der Waals surface area contributed by atoms with Gasteiger partial charge in [-0.25, -0.2) is 8.42 Å². The minimum atomic E-state index is -3.58. The summed E-state index contributed by atoms with van der Waals surface area (Å²) < 4.78 is 33.1. The monoisotopic (exact) mass is 420 g/mol. The van der Waals surface area contributed by atoms with E-state index >= 15 is 0 Å².